The van der Waals surface area contributed by atoms with E-state index in [0.717, 1.165) is 5.56 Å². The number of benzene rings is 1. The number of carbonyl (C=O) groups excluding carboxylic acids is 1. The summed E-state index contributed by atoms with van der Waals surface area (Å²) in [7, 11) is 0. The van der Waals surface area contributed by atoms with Crippen LogP contribution in [-0.2, 0) is 4.74 Å². The average molecular weight is 250 g/mol. The Morgan fingerprint density at radius 2 is 1.89 bits per heavy atom. The third kappa shape index (κ3) is 4.65. The fraction of sp³-hybridized carbons (Fsp3) is 0.500. The predicted molar refractivity (Wildman–Crippen MR) is 74.8 cm³/mol. The highest BCUT2D eigenvalue weighted by atomic mass is 16.6. The van der Waals surface area contributed by atoms with Gasteiger partial charge in [-0.3, -0.25) is 5.32 Å². The van der Waals surface area contributed by atoms with Gasteiger partial charge in [0.1, 0.15) is 5.60 Å². The fourth-order valence-electron chi connectivity index (χ4n) is 1.50. The zero-order valence-corrected chi connectivity index (χ0v) is 11.7. The van der Waals surface area contributed by atoms with Gasteiger partial charge in [-0.25, -0.2) is 4.79 Å². The summed E-state index contributed by atoms with van der Waals surface area (Å²) in [5.74, 6) is 0.354. The van der Waals surface area contributed by atoms with Crippen LogP contribution >= 0.6 is 0 Å². The molecule has 0 aliphatic heterocycles. The van der Waals surface area contributed by atoms with Gasteiger partial charge in [-0.15, -0.1) is 0 Å². The van der Waals surface area contributed by atoms with Crippen LogP contribution in [0.1, 0.15) is 46.1 Å². The summed E-state index contributed by atoms with van der Waals surface area (Å²) in [6, 6.07) is 5.53. The molecule has 0 aliphatic carbocycles. The highest BCUT2D eigenvalue weighted by molar-refractivity contribution is 5.85. The van der Waals surface area contributed by atoms with E-state index in [9.17, 15) is 4.79 Å². The van der Waals surface area contributed by atoms with E-state index < -0.39 is 11.7 Å². The summed E-state index contributed by atoms with van der Waals surface area (Å²) in [5.41, 5.74) is 7.68. The van der Waals surface area contributed by atoms with Crippen LogP contribution in [0.15, 0.2) is 18.2 Å². The minimum absolute atomic E-state index is 0.354. The van der Waals surface area contributed by atoms with Gasteiger partial charge in [0.15, 0.2) is 0 Å². The molecule has 1 aromatic carbocycles. The summed E-state index contributed by atoms with van der Waals surface area (Å²) < 4.78 is 5.19. The Balaban J connectivity index is 2.82. The van der Waals surface area contributed by atoms with Crippen LogP contribution in [-0.4, -0.2) is 11.7 Å². The number of amides is 1. The topological polar surface area (TPSA) is 64.3 Å². The molecule has 0 fully saturated rings. The second-order valence-electron chi connectivity index (χ2n) is 5.67. The number of nitrogens with one attached hydrogen (secondary N) is 1. The molecule has 100 valence electrons. The average Bonchev–Trinajstić information content (AvgIpc) is 2.12. The Kier molecular flexibility index (Phi) is 4.22. The standard InChI is InChI=1S/C14H22N2O2/c1-9(2)10-6-11(15)8-12(7-10)16-13(17)18-14(3,4)5/h6-9H,15H2,1-5H3,(H,16,17). The summed E-state index contributed by atoms with van der Waals surface area (Å²) >= 11 is 0. The van der Waals surface area contributed by atoms with E-state index in [1.54, 1.807) is 6.07 Å². The van der Waals surface area contributed by atoms with Crippen LogP contribution < -0.4 is 11.1 Å². The molecule has 0 heterocycles. The molecule has 0 bridgehead atoms. The molecule has 0 atom stereocenters. The number of anilines is 2. The van der Waals surface area contributed by atoms with Crippen LogP contribution in [0, 0.1) is 0 Å². The van der Waals surface area contributed by atoms with Crippen molar-refractivity contribution >= 4 is 17.5 Å². The lowest BCUT2D eigenvalue weighted by molar-refractivity contribution is 0.0636. The van der Waals surface area contributed by atoms with Crippen LogP contribution in [0.3, 0.4) is 0 Å². The normalized spacial score (nSPS) is 11.4. The van der Waals surface area contributed by atoms with E-state index in [1.165, 1.54) is 0 Å². The van der Waals surface area contributed by atoms with Crippen LogP contribution in [0.25, 0.3) is 0 Å². The van der Waals surface area contributed by atoms with Crippen molar-refractivity contribution in [2.45, 2.75) is 46.1 Å². The number of nitrogens with two attached hydrogens (primary N) is 1. The maximum absolute atomic E-state index is 11.6. The fourth-order valence-corrected chi connectivity index (χ4v) is 1.50. The van der Waals surface area contributed by atoms with E-state index in [1.807, 2.05) is 32.9 Å². The monoisotopic (exact) mass is 250 g/mol. The molecule has 1 amide bonds. The van der Waals surface area contributed by atoms with E-state index in [0.29, 0.717) is 17.3 Å². The van der Waals surface area contributed by atoms with Gasteiger partial charge in [-0.2, -0.15) is 0 Å². The molecule has 0 spiro atoms. The van der Waals surface area contributed by atoms with Crippen molar-refractivity contribution < 1.29 is 9.53 Å². The minimum atomic E-state index is -0.509. The Morgan fingerprint density at radius 3 is 2.39 bits per heavy atom. The van der Waals surface area contributed by atoms with E-state index in [4.69, 9.17) is 10.5 Å². The third-order valence-corrected chi connectivity index (χ3v) is 2.29. The molecule has 0 radical (unpaired) electrons. The molecule has 3 N–H and O–H groups in total. The lowest BCUT2D eigenvalue weighted by Gasteiger charge is -2.20. The van der Waals surface area contributed by atoms with Gasteiger partial charge in [0.05, 0.1) is 0 Å². The van der Waals surface area contributed by atoms with Crippen molar-refractivity contribution in [1.29, 1.82) is 0 Å². The lowest BCUT2D eigenvalue weighted by Crippen LogP contribution is -2.27. The summed E-state index contributed by atoms with van der Waals surface area (Å²) in [6.07, 6.45) is -0.470. The third-order valence-electron chi connectivity index (χ3n) is 2.29. The number of ether oxygens (including phenoxy) is 1. The summed E-state index contributed by atoms with van der Waals surface area (Å²) in [4.78, 5) is 11.6. The van der Waals surface area contributed by atoms with E-state index >= 15 is 0 Å². The first-order valence-electron chi connectivity index (χ1n) is 6.08. The van der Waals surface area contributed by atoms with Gasteiger partial charge in [0, 0.05) is 11.4 Å². The van der Waals surface area contributed by atoms with Crippen molar-refractivity contribution in [1.82, 2.24) is 0 Å². The second-order valence-corrected chi connectivity index (χ2v) is 5.67. The number of carbonyl (C=O) groups is 1. The van der Waals surface area contributed by atoms with Gasteiger partial charge in [-0.05, 0) is 50.5 Å². The molecule has 0 aromatic heterocycles. The molecular weight excluding hydrogens is 228 g/mol. The predicted octanol–water partition coefficient (Wildman–Crippen LogP) is 3.74. The Labute approximate surface area is 109 Å². The lowest BCUT2D eigenvalue weighted by atomic mass is 10.0. The Morgan fingerprint density at radius 1 is 1.28 bits per heavy atom. The number of hydrogen-bond acceptors (Lipinski definition) is 3. The van der Waals surface area contributed by atoms with Crippen LogP contribution in [0.2, 0.25) is 0 Å². The highest BCUT2D eigenvalue weighted by Gasteiger charge is 2.16. The molecule has 1 rings (SSSR count). The van der Waals surface area contributed by atoms with Gasteiger partial charge in [0.2, 0.25) is 0 Å². The zero-order valence-electron chi connectivity index (χ0n) is 11.7. The van der Waals surface area contributed by atoms with Crippen molar-refractivity contribution in [2.75, 3.05) is 11.1 Å². The molecule has 1 aromatic rings. The van der Waals surface area contributed by atoms with Crippen LogP contribution in [0.5, 0.6) is 0 Å². The maximum atomic E-state index is 11.6. The number of rotatable bonds is 2. The van der Waals surface area contributed by atoms with Crippen molar-refractivity contribution in [3.8, 4) is 0 Å². The zero-order chi connectivity index (χ0) is 13.9. The maximum Gasteiger partial charge on any atom is 0.412 e. The molecule has 0 unspecified atom stereocenters. The summed E-state index contributed by atoms with van der Waals surface area (Å²) in [6.45, 7) is 9.63. The Bertz CT molecular complexity index is 434. The largest absolute Gasteiger partial charge is 0.444 e. The molecule has 0 aliphatic rings. The number of hydrogen-bond donors (Lipinski definition) is 2. The smallest absolute Gasteiger partial charge is 0.412 e. The first kappa shape index (κ1) is 14.4. The first-order chi connectivity index (χ1) is 8.17. The molecule has 18 heavy (non-hydrogen) atoms. The molecular formula is C14H22N2O2. The minimum Gasteiger partial charge on any atom is -0.444 e. The number of nitrogen functional groups attached to an aromatic ring is 1. The SMILES string of the molecule is CC(C)c1cc(N)cc(NC(=O)OC(C)(C)C)c1. The molecule has 0 saturated heterocycles. The van der Waals surface area contributed by atoms with Crippen molar-refractivity contribution in [3.05, 3.63) is 23.8 Å². The van der Waals surface area contributed by atoms with Gasteiger partial charge in [0.25, 0.3) is 0 Å². The molecule has 4 nitrogen and oxygen atoms in total. The first-order valence-corrected chi connectivity index (χ1v) is 6.08. The quantitative estimate of drug-likeness (QED) is 0.786. The van der Waals surface area contributed by atoms with Crippen molar-refractivity contribution in [3.63, 3.8) is 0 Å². The van der Waals surface area contributed by atoms with Crippen LogP contribution in [0.4, 0.5) is 16.2 Å². The van der Waals surface area contributed by atoms with Gasteiger partial charge in [-0.1, -0.05) is 13.8 Å². The van der Waals surface area contributed by atoms with Crippen molar-refractivity contribution in [2.24, 2.45) is 0 Å². The van der Waals surface area contributed by atoms with Gasteiger partial charge >= 0.3 is 6.09 Å². The van der Waals surface area contributed by atoms with E-state index in [-0.39, 0.29) is 0 Å². The Hall–Kier alpha value is -1.71. The molecule has 4 heteroatoms. The van der Waals surface area contributed by atoms with E-state index in [2.05, 4.69) is 19.2 Å². The van der Waals surface area contributed by atoms with Gasteiger partial charge < -0.3 is 10.5 Å². The molecule has 0 saturated carbocycles. The highest BCUT2D eigenvalue weighted by Crippen LogP contribution is 2.23. The second kappa shape index (κ2) is 5.29. The summed E-state index contributed by atoms with van der Waals surface area (Å²) in [5, 5.41) is 2.69.